The van der Waals surface area contributed by atoms with Crippen LogP contribution in [-0.4, -0.2) is 121 Å². The zero-order chi connectivity index (χ0) is 31.8. The Morgan fingerprint density at radius 3 is 2.17 bits per heavy atom. The van der Waals surface area contributed by atoms with Crippen LogP contribution in [0.2, 0.25) is 0 Å². The number of hydrogen-bond donors (Lipinski definition) is 9. The van der Waals surface area contributed by atoms with Crippen molar-refractivity contribution in [2.24, 2.45) is 15.7 Å². The molecular formula is C20H32N14O11P2-2. The fourth-order valence-electron chi connectivity index (χ4n) is 5.79. The first-order chi connectivity index (χ1) is 21.3. The second-order valence-corrected chi connectivity index (χ2v) is 13.7. The summed E-state index contributed by atoms with van der Waals surface area (Å²) < 4.78 is 49.4. The molecular weight excluding hydrogens is 674 g/mol. The average molecular weight is 707 g/mol. The van der Waals surface area contributed by atoms with Crippen LogP contribution in [0.25, 0.3) is 11.2 Å². The molecule has 3 saturated heterocycles. The quantitative estimate of drug-likeness (QED) is 0.131. The number of anilines is 1. The topological polar surface area (TPSA) is 404 Å². The van der Waals surface area contributed by atoms with Crippen molar-refractivity contribution >= 4 is 50.7 Å². The summed E-state index contributed by atoms with van der Waals surface area (Å²) >= 11 is 0. The SMILES string of the molecule is N.N.NC1=NC2C(N=CN2[C@@H]2O[C@@H]3COP(=O)([O-])N[C@H]4[C@@H](O)[C@H](n5cnc6c(N)ncnc65)O[C@@H]4COP(=O)([O-])N[C@H]3[C@H]2O)C(=O)N1. The van der Waals surface area contributed by atoms with E-state index >= 15 is 0 Å². The number of ether oxygens (including phenoxy) is 2. The van der Waals surface area contributed by atoms with E-state index in [4.69, 9.17) is 30.0 Å². The van der Waals surface area contributed by atoms with Crippen LogP contribution in [0.4, 0.5) is 5.82 Å². The number of nitrogens with two attached hydrogens (primary N) is 2. The lowest BCUT2D eigenvalue weighted by molar-refractivity contribution is -0.209. The first-order valence-electron chi connectivity index (χ1n) is 13.3. The number of amides is 1. The van der Waals surface area contributed by atoms with Gasteiger partial charge in [-0.3, -0.25) is 28.8 Å². The van der Waals surface area contributed by atoms with Crippen LogP contribution in [0, 0.1) is 0 Å². The lowest BCUT2D eigenvalue weighted by Crippen LogP contribution is -2.57. The predicted molar refractivity (Wildman–Crippen MR) is 153 cm³/mol. The number of aromatic nitrogens is 4. The molecule has 47 heavy (non-hydrogen) atoms. The molecule has 5 aliphatic heterocycles. The van der Waals surface area contributed by atoms with Gasteiger partial charge in [-0.25, -0.2) is 30.1 Å². The van der Waals surface area contributed by atoms with Gasteiger partial charge in [0.1, 0.15) is 36.3 Å². The van der Waals surface area contributed by atoms with Gasteiger partial charge in [-0.05, 0) is 0 Å². The van der Waals surface area contributed by atoms with Gasteiger partial charge in [-0.2, -0.15) is 0 Å². The molecule has 0 bridgehead atoms. The number of hydrogen-bond acceptors (Lipinski definition) is 21. The fraction of sp³-hybridized carbons (Fsp3) is 0.600. The largest absolute Gasteiger partial charge is 0.766 e. The molecule has 2 aromatic heterocycles. The summed E-state index contributed by atoms with van der Waals surface area (Å²) in [7, 11) is -10.1. The number of fused-ring (bicyclic) bond motifs is 4. The molecule has 0 saturated carbocycles. The first kappa shape index (κ1) is 35.1. The van der Waals surface area contributed by atoms with Crippen LogP contribution >= 0.6 is 15.5 Å². The minimum Gasteiger partial charge on any atom is -0.766 e. The smallest absolute Gasteiger partial charge is 0.255 e. The second-order valence-electron chi connectivity index (χ2n) is 10.7. The summed E-state index contributed by atoms with van der Waals surface area (Å²) in [4.78, 5) is 59.9. The molecule has 0 aliphatic carbocycles. The van der Waals surface area contributed by atoms with Gasteiger partial charge < -0.3 is 67.2 Å². The highest BCUT2D eigenvalue weighted by Gasteiger charge is 2.53. The highest BCUT2D eigenvalue weighted by molar-refractivity contribution is 7.49. The number of carbonyl (C=O) groups is 1. The highest BCUT2D eigenvalue weighted by atomic mass is 31.2. The Labute approximate surface area is 264 Å². The number of nitrogens with zero attached hydrogens (tertiary/aromatic N) is 7. The number of aliphatic imine (C=N–C) groups is 2. The summed E-state index contributed by atoms with van der Waals surface area (Å²) in [5.41, 5.74) is 11.8. The first-order valence-corrected chi connectivity index (χ1v) is 16.4. The molecule has 2 aromatic rings. The van der Waals surface area contributed by atoms with Crippen LogP contribution < -0.4 is 49.0 Å². The maximum atomic E-state index is 13.1. The molecule has 25 nitrogen and oxygen atoms in total. The summed E-state index contributed by atoms with van der Waals surface area (Å²) in [5, 5.41) is 29.0. The maximum absolute atomic E-state index is 13.1. The standard InChI is InChI=1S/C20H28N12O11P2.2H3N/c21-14-10-15(24-3-23-14)31(4-25-10)18-12(33)8-6(42-18)1-40-45(38,39)30-9-7(2-41-44(36,37)29-8)43-19(13(9)34)32-5-26-11-16(32)27-20(22)28-17(11)35;;/h3-9,11-13,16,18-19,33-34H,1-2H2,(H2,21,23,24)(H2,29,36,37)(H2,30,38,39)(H3,22,27,28,35);2*1H3/p-2/t6-,7-,8-,9-,11?,12-,13-,16?,18-,19-;;/m1../s1. The molecule has 3 fully saturated rings. The molecule has 0 aromatic carbocycles. The Kier molecular flexibility index (Phi) is 9.43. The van der Waals surface area contributed by atoms with Gasteiger partial charge in [0.05, 0.1) is 38.0 Å². The highest BCUT2D eigenvalue weighted by Crippen LogP contribution is 2.44. The number of guanidine groups is 1. The number of carbonyl (C=O) groups excluding carboxylic acids is 1. The van der Waals surface area contributed by atoms with Crippen molar-refractivity contribution in [3.05, 3.63) is 12.7 Å². The number of nitrogens with one attached hydrogen (secondary N) is 3. The summed E-state index contributed by atoms with van der Waals surface area (Å²) in [5.74, 6) is -0.715. The molecule has 0 spiro atoms. The van der Waals surface area contributed by atoms with Crippen LogP contribution in [0.5, 0.6) is 0 Å². The van der Waals surface area contributed by atoms with Crippen LogP contribution in [0.15, 0.2) is 22.6 Å². The van der Waals surface area contributed by atoms with E-state index in [-0.39, 0.29) is 35.2 Å². The number of aliphatic hydroxyl groups is 2. The third-order valence-electron chi connectivity index (χ3n) is 7.88. The minimum atomic E-state index is -5.03. The van der Waals surface area contributed by atoms with Crippen molar-refractivity contribution in [2.45, 2.75) is 61.2 Å². The van der Waals surface area contributed by atoms with Gasteiger partial charge in [0, 0.05) is 0 Å². The van der Waals surface area contributed by atoms with Gasteiger partial charge in [-0.1, -0.05) is 0 Å². The Bertz CT molecular complexity index is 1680. The maximum Gasteiger partial charge on any atom is 0.255 e. The molecule has 7 heterocycles. The molecule has 15 N–H and O–H groups in total. The van der Waals surface area contributed by atoms with Crippen molar-refractivity contribution in [1.82, 2.24) is 52.2 Å². The minimum absolute atomic E-state index is 0. The molecule has 0 radical (unpaired) electrons. The monoisotopic (exact) mass is 706 g/mol. The van der Waals surface area contributed by atoms with Gasteiger partial charge >= 0.3 is 0 Å². The number of aliphatic hydroxyl groups excluding tert-OH is 2. The van der Waals surface area contributed by atoms with E-state index in [1.807, 2.05) is 0 Å². The van der Waals surface area contributed by atoms with Crippen LogP contribution in [0.1, 0.15) is 6.23 Å². The van der Waals surface area contributed by atoms with E-state index in [0.717, 1.165) is 6.33 Å². The van der Waals surface area contributed by atoms with Crippen molar-refractivity contribution in [3.63, 3.8) is 0 Å². The van der Waals surface area contributed by atoms with Gasteiger partial charge in [0.15, 0.2) is 42.1 Å². The van der Waals surface area contributed by atoms with E-state index in [2.05, 4.69) is 40.4 Å². The van der Waals surface area contributed by atoms with Crippen LogP contribution in [0.3, 0.4) is 0 Å². The molecule has 5 aliphatic rings. The Morgan fingerprint density at radius 1 is 0.936 bits per heavy atom. The molecule has 1 amide bonds. The summed E-state index contributed by atoms with van der Waals surface area (Å²) in [6.45, 7) is -1.56. The molecule has 12 atom stereocenters. The lowest BCUT2D eigenvalue weighted by atomic mass is 10.1. The lowest BCUT2D eigenvalue weighted by Gasteiger charge is -2.36. The van der Waals surface area contributed by atoms with E-state index in [0.29, 0.717) is 0 Å². The van der Waals surface area contributed by atoms with E-state index in [1.54, 1.807) is 0 Å². The third kappa shape index (κ3) is 6.23. The summed E-state index contributed by atoms with van der Waals surface area (Å²) in [6.07, 6.45) is -6.17. The Balaban J connectivity index is 0.00000217. The van der Waals surface area contributed by atoms with Crippen LogP contribution in [-0.2, 0) is 32.4 Å². The zero-order valence-corrected chi connectivity index (χ0v) is 25.9. The predicted octanol–water partition coefficient (Wildman–Crippen LogP) is -5.54. The van der Waals surface area contributed by atoms with Crippen molar-refractivity contribution in [3.8, 4) is 0 Å². The van der Waals surface area contributed by atoms with E-state index in [1.165, 1.54) is 22.1 Å². The molecule has 27 heteroatoms. The average Bonchev–Trinajstić information content (AvgIpc) is 3.72. The second kappa shape index (κ2) is 12.6. The third-order valence-corrected chi connectivity index (χ3v) is 10.1. The molecule has 260 valence electrons. The Hall–Kier alpha value is -3.26. The number of rotatable bonds is 2. The zero-order valence-electron chi connectivity index (χ0n) is 24.1. The summed E-state index contributed by atoms with van der Waals surface area (Å²) in [6, 6.07) is -3.99. The van der Waals surface area contributed by atoms with Gasteiger partial charge in [0.25, 0.3) is 5.91 Å². The van der Waals surface area contributed by atoms with Gasteiger partial charge in [0.2, 0.25) is 15.5 Å². The van der Waals surface area contributed by atoms with E-state index in [9.17, 15) is 33.9 Å². The van der Waals surface area contributed by atoms with Crippen molar-refractivity contribution in [1.29, 1.82) is 0 Å². The normalized spacial score (nSPS) is 41.7. The molecule has 7 rings (SSSR count). The van der Waals surface area contributed by atoms with Crippen molar-refractivity contribution in [2.75, 3.05) is 18.9 Å². The van der Waals surface area contributed by atoms with E-state index < -0.39 is 95.8 Å². The number of imidazole rings is 1. The van der Waals surface area contributed by atoms with Crippen molar-refractivity contribution < 1.29 is 52.4 Å². The Morgan fingerprint density at radius 2 is 1.53 bits per heavy atom. The number of nitrogen functional groups attached to an aromatic ring is 1. The van der Waals surface area contributed by atoms with Gasteiger partial charge in [-0.15, -0.1) is 0 Å². The fourth-order valence-corrected chi connectivity index (χ4v) is 8.00. The molecule has 4 unspecified atom stereocenters.